The van der Waals surface area contributed by atoms with Crippen molar-refractivity contribution in [3.05, 3.63) is 82.5 Å². The molecule has 0 aliphatic heterocycles. The smallest absolute Gasteiger partial charge is 0.270 e. The van der Waals surface area contributed by atoms with Crippen molar-refractivity contribution < 1.29 is 9.72 Å². The molecule has 2 atom stereocenters. The van der Waals surface area contributed by atoms with Crippen molar-refractivity contribution in [3.63, 3.8) is 0 Å². The minimum absolute atomic E-state index is 0.110. The number of rotatable bonds is 5. The number of hydrogen-bond acceptors (Lipinski definition) is 5. The molecule has 0 fully saturated rings. The van der Waals surface area contributed by atoms with E-state index < -0.39 is 17.0 Å². The highest BCUT2D eigenvalue weighted by atomic mass is 16.6. The van der Waals surface area contributed by atoms with Crippen LogP contribution in [0.3, 0.4) is 0 Å². The molecule has 0 saturated heterocycles. The van der Waals surface area contributed by atoms with E-state index in [2.05, 4.69) is 10.1 Å². The third-order valence-electron chi connectivity index (χ3n) is 4.57. The number of hydrogen-bond donors (Lipinski definition) is 1. The van der Waals surface area contributed by atoms with Crippen LogP contribution in [0, 0.1) is 10.1 Å². The lowest BCUT2D eigenvalue weighted by atomic mass is 9.70. The van der Waals surface area contributed by atoms with Crippen molar-refractivity contribution >= 4 is 5.91 Å². The number of primary amides is 1. The standard InChI is InChI=1S/C17H17N5O3/c1-16(22(24)25)8-2-3-9-17(16,21-12-19-11-20-21)14-6-4-13(5-7-14)10-15(18)23/h2-9,11-12H,10H2,1H3,(H2,18,23). The number of amides is 1. The third kappa shape index (κ3) is 2.51. The van der Waals surface area contributed by atoms with Gasteiger partial charge in [-0.2, -0.15) is 5.10 Å². The molecule has 0 saturated carbocycles. The first-order valence-corrected chi connectivity index (χ1v) is 7.64. The molecule has 1 aromatic carbocycles. The van der Waals surface area contributed by atoms with Gasteiger partial charge in [-0.05, 0) is 23.3 Å². The summed E-state index contributed by atoms with van der Waals surface area (Å²) in [7, 11) is 0. The lowest BCUT2D eigenvalue weighted by molar-refractivity contribution is -0.563. The molecule has 8 nitrogen and oxygen atoms in total. The summed E-state index contributed by atoms with van der Waals surface area (Å²) in [6.45, 7) is 1.55. The fourth-order valence-corrected chi connectivity index (χ4v) is 3.23. The third-order valence-corrected chi connectivity index (χ3v) is 4.57. The summed E-state index contributed by atoms with van der Waals surface area (Å²) >= 11 is 0. The lowest BCUT2D eigenvalue weighted by Gasteiger charge is -2.40. The molecule has 1 amide bonds. The van der Waals surface area contributed by atoms with Gasteiger partial charge in [-0.15, -0.1) is 0 Å². The summed E-state index contributed by atoms with van der Waals surface area (Å²) in [6, 6.07) is 6.99. The van der Waals surface area contributed by atoms with Crippen LogP contribution in [0.2, 0.25) is 0 Å². The summed E-state index contributed by atoms with van der Waals surface area (Å²) in [4.78, 5) is 26.7. The Balaban J connectivity index is 2.20. The molecule has 0 spiro atoms. The van der Waals surface area contributed by atoms with Crippen molar-refractivity contribution in [2.75, 3.05) is 0 Å². The number of allylic oxidation sites excluding steroid dienone is 2. The second-order valence-electron chi connectivity index (χ2n) is 6.07. The molecule has 1 aromatic heterocycles. The number of nitrogens with two attached hydrogens (primary N) is 1. The first-order valence-electron chi connectivity index (χ1n) is 7.64. The predicted octanol–water partition coefficient (Wildman–Crippen LogP) is 1.21. The molecule has 2 unspecified atom stereocenters. The van der Waals surface area contributed by atoms with Crippen LogP contribution in [0.5, 0.6) is 0 Å². The Kier molecular flexibility index (Phi) is 3.96. The van der Waals surface area contributed by atoms with Gasteiger partial charge in [0.2, 0.25) is 5.91 Å². The maximum atomic E-state index is 12.0. The molecular formula is C17H17N5O3. The molecule has 2 aromatic rings. The lowest BCUT2D eigenvalue weighted by Crippen LogP contribution is -2.57. The maximum absolute atomic E-state index is 12.0. The molecule has 3 rings (SSSR count). The van der Waals surface area contributed by atoms with Gasteiger partial charge in [0.05, 0.1) is 6.42 Å². The van der Waals surface area contributed by atoms with Crippen molar-refractivity contribution in [2.24, 2.45) is 5.73 Å². The first-order chi connectivity index (χ1) is 11.9. The topological polar surface area (TPSA) is 117 Å². The summed E-state index contributed by atoms with van der Waals surface area (Å²) < 4.78 is 1.49. The zero-order valence-corrected chi connectivity index (χ0v) is 13.6. The van der Waals surface area contributed by atoms with Gasteiger partial charge in [0.15, 0.2) is 5.54 Å². The molecule has 2 N–H and O–H groups in total. The molecule has 0 radical (unpaired) electrons. The van der Waals surface area contributed by atoms with Gasteiger partial charge < -0.3 is 5.73 Å². The highest BCUT2D eigenvalue weighted by Gasteiger charge is 2.59. The van der Waals surface area contributed by atoms with Crippen molar-refractivity contribution in [1.29, 1.82) is 0 Å². The molecule has 1 aliphatic carbocycles. The van der Waals surface area contributed by atoms with E-state index in [0.717, 1.165) is 5.56 Å². The van der Waals surface area contributed by atoms with E-state index in [4.69, 9.17) is 5.73 Å². The van der Waals surface area contributed by atoms with Crippen LogP contribution in [0.15, 0.2) is 61.2 Å². The van der Waals surface area contributed by atoms with Crippen LogP contribution in [0.25, 0.3) is 0 Å². The van der Waals surface area contributed by atoms with E-state index in [0.29, 0.717) is 5.56 Å². The van der Waals surface area contributed by atoms with E-state index in [1.165, 1.54) is 17.3 Å². The zero-order valence-electron chi connectivity index (χ0n) is 13.6. The van der Waals surface area contributed by atoms with E-state index in [1.54, 1.807) is 55.5 Å². The Labute approximate surface area is 143 Å². The Morgan fingerprint density at radius 1 is 1.28 bits per heavy atom. The average Bonchev–Trinajstić information content (AvgIpc) is 3.10. The fourth-order valence-electron chi connectivity index (χ4n) is 3.23. The minimum Gasteiger partial charge on any atom is -0.369 e. The van der Waals surface area contributed by atoms with Gasteiger partial charge in [-0.3, -0.25) is 14.9 Å². The molecule has 1 heterocycles. The second-order valence-corrected chi connectivity index (χ2v) is 6.07. The van der Waals surface area contributed by atoms with E-state index >= 15 is 0 Å². The Hall–Kier alpha value is -3.29. The molecule has 25 heavy (non-hydrogen) atoms. The molecule has 0 bridgehead atoms. The van der Waals surface area contributed by atoms with Crippen LogP contribution in [0.4, 0.5) is 0 Å². The van der Waals surface area contributed by atoms with Crippen molar-refractivity contribution in [1.82, 2.24) is 14.8 Å². The summed E-state index contributed by atoms with van der Waals surface area (Å²) in [5, 5.41) is 16.1. The van der Waals surface area contributed by atoms with Gasteiger partial charge >= 0.3 is 0 Å². The molecule has 1 aliphatic rings. The van der Waals surface area contributed by atoms with Crippen molar-refractivity contribution in [2.45, 2.75) is 24.4 Å². The Morgan fingerprint density at radius 3 is 2.52 bits per heavy atom. The highest BCUT2D eigenvalue weighted by molar-refractivity contribution is 5.76. The number of carbonyl (C=O) groups excluding carboxylic acids is 1. The monoisotopic (exact) mass is 339 g/mol. The number of benzene rings is 1. The van der Waals surface area contributed by atoms with Crippen LogP contribution >= 0.6 is 0 Å². The number of carbonyl (C=O) groups is 1. The van der Waals surface area contributed by atoms with Crippen LogP contribution in [-0.2, 0) is 16.8 Å². The largest absolute Gasteiger partial charge is 0.369 e. The SMILES string of the molecule is CC1([N+](=O)[O-])C=CC=CC1(c1ccc(CC(N)=O)cc1)n1cncn1. The van der Waals surface area contributed by atoms with E-state index in [-0.39, 0.29) is 11.3 Å². The van der Waals surface area contributed by atoms with Gasteiger partial charge in [-0.25, -0.2) is 9.67 Å². The van der Waals surface area contributed by atoms with Crippen LogP contribution in [0.1, 0.15) is 18.1 Å². The fraction of sp³-hybridized carbons (Fsp3) is 0.235. The van der Waals surface area contributed by atoms with E-state index in [9.17, 15) is 14.9 Å². The van der Waals surface area contributed by atoms with Gasteiger partial charge in [0.1, 0.15) is 12.7 Å². The molecular weight excluding hydrogens is 322 g/mol. The molecule has 8 heteroatoms. The van der Waals surface area contributed by atoms with Gasteiger partial charge in [0, 0.05) is 11.8 Å². The minimum atomic E-state index is -1.47. The maximum Gasteiger partial charge on any atom is 0.270 e. The van der Waals surface area contributed by atoms with Gasteiger partial charge in [-0.1, -0.05) is 36.4 Å². The van der Waals surface area contributed by atoms with E-state index in [1.807, 2.05) is 0 Å². The summed E-state index contributed by atoms with van der Waals surface area (Å²) in [5.74, 6) is -0.436. The van der Waals surface area contributed by atoms with Crippen LogP contribution < -0.4 is 5.73 Å². The quantitative estimate of drug-likeness (QED) is 0.649. The second kappa shape index (κ2) is 5.97. The average molecular weight is 339 g/mol. The Bertz CT molecular complexity index is 857. The normalized spacial score (nSPS) is 25.0. The Morgan fingerprint density at radius 2 is 1.96 bits per heavy atom. The van der Waals surface area contributed by atoms with Gasteiger partial charge in [0.25, 0.3) is 5.54 Å². The zero-order chi connectivity index (χ0) is 18.1. The summed E-state index contributed by atoms with van der Waals surface area (Å²) in [6.07, 6.45) is 9.61. The first kappa shape index (κ1) is 16.6. The number of nitro groups is 1. The number of aromatic nitrogens is 3. The number of nitrogens with zero attached hydrogens (tertiary/aromatic N) is 4. The predicted molar refractivity (Wildman–Crippen MR) is 90.1 cm³/mol. The molecule has 128 valence electrons. The van der Waals surface area contributed by atoms with Crippen molar-refractivity contribution in [3.8, 4) is 0 Å². The highest BCUT2D eigenvalue weighted by Crippen LogP contribution is 2.43. The van der Waals surface area contributed by atoms with Crippen LogP contribution in [-0.4, -0.2) is 31.1 Å². The summed E-state index contributed by atoms with van der Waals surface area (Å²) in [5.41, 5.74) is 3.96.